The molecule has 1 aliphatic rings. The highest BCUT2D eigenvalue weighted by Crippen LogP contribution is 2.27. The van der Waals surface area contributed by atoms with Crippen LogP contribution in [0.4, 0.5) is 0 Å². The van der Waals surface area contributed by atoms with E-state index in [4.69, 9.17) is 0 Å². The van der Waals surface area contributed by atoms with Crippen molar-refractivity contribution in [3.63, 3.8) is 0 Å². The lowest BCUT2D eigenvalue weighted by Gasteiger charge is -2.26. The van der Waals surface area contributed by atoms with Gasteiger partial charge in [-0.05, 0) is 24.7 Å². The van der Waals surface area contributed by atoms with Crippen molar-refractivity contribution in [2.45, 2.75) is 39.5 Å². The van der Waals surface area contributed by atoms with E-state index in [1.165, 1.54) is 26.2 Å². The van der Waals surface area contributed by atoms with Gasteiger partial charge in [0.05, 0.1) is 13.1 Å². The van der Waals surface area contributed by atoms with E-state index in [0.717, 1.165) is 12.3 Å². The summed E-state index contributed by atoms with van der Waals surface area (Å²) in [6.07, 6.45) is 4.84. The van der Waals surface area contributed by atoms with Gasteiger partial charge in [-0.3, -0.25) is 14.4 Å². The fraction of sp³-hybridized carbons (Fsp3) is 0.786. The van der Waals surface area contributed by atoms with Gasteiger partial charge in [0.1, 0.15) is 0 Å². The van der Waals surface area contributed by atoms with Gasteiger partial charge in [-0.1, -0.05) is 19.8 Å². The Morgan fingerprint density at radius 3 is 2.30 bits per heavy atom. The zero-order valence-electron chi connectivity index (χ0n) is 12.3. The van der Waals surface area contributed by atoms with E-state index in [-0.39, 0.29) is 30.8 Å². The molecule has 114 valence electrons. The summed E-state index contributed by atoms with van der Waals surface area (Å²) in [6, 6.07) is 0. The van der Waals surface area contributed by atoms with Crippen LogP contribution in [0.5, 0.6) is 0 Å². The Bertz CT molecular complexity index is 358. The lowest BCUT2D eigenvalue weighted by Crippen LogP contribution is -2.42. The molecule has 1 saturated carbocycles. The number of hydrogen-bond acceptors (Lipinski definition) is 3. The predicted octanol–water partition coefficient (Wildman–Crippen LogP) is 0.181. The molecule has 0 aromatic rings. The second kappa shape index (κ2) is 8.55. The minimum absolute atomic E-state index is 0.0410. The molecule has 20 heavy (non-hydrogen) atoms. The first-order valence-corrected chi connectivity index (χ1v) is 7.25. The fourth-order valence-electron chi connectivity index (χ4n) is 2.51. The Morgan fingerprint density at radius 2 is 1.65 bits per heavy atom. The number of carbonyl (C=O) groups is 3. The van der Waals surface area contributed by atoms with Crippen LogP contribution in [0.2, 0.25) is 0 Å². The second-order valence-corrected chi connectivity index (χ2v) is 5.63. The van der Waals surface area contributed by atoms with Gasteiger partial charge < -0.3 is 16.0 Å². The molecule has 2 unspecified atom stereocenters. The van der Waals surface area contributed by atoms with E-state index < -0.39 is 0 Å². The van der Waals surface area contributed by atoms with Crippen LogP contribution in [-0.4, -0.2) is 37.4 Å². The van der Waals surface area contributed by atoms with Crippen LogP contribution in [-0.2, 0) is 14.4 Å². The molecule has 0 aromatic carbocycles. The largest absolute Gasteiger partial charge is 0.354 e. The molecule has 0 spiro atoms. The number of amides is 3. The Morgan fingerprint density at radius 1 is 1.00 bits per heavy atom. The highest BCUT2D eigenvalue weighted by atomic mass is 16.2. The summed E-state index contributed by atoms with van der Waals surface area (Å²) in [4.78, 5) is 33.5. The third-order valence-electron chi connectivity index (χ3n) is 3.58. The number of nitrogens with one attached hydrogen (secondary N) is 3. The first-order chi connectivity index (χ1) is 9.47. The van der Waals surface area contributed by atoms with E-state index in [1.807, 2.05) is 0 Å². The van der Waals surface area contributed by atoms with Crippen LogP contribution in [0.1, 0.15) is 39.5 Å². The van der Waals surface area contributed by atoms with Crippen LogP contribution >= 0.6 is 0 Å². The molecule has 1 rings (SSSR count). The van der Waals surface area contributed by atoms with Crippen LogP contribution in [0, 0.1) is 11.8 Å². The summed E-state index contributed by atoms with van der Waals surface area (Å²) in [5, 5.41) is 7.70. The smallest absolute Gasteiger partial charge is 0.239 e. The Labute approximate surface area is 120 Å². The van der Waals surface area contributed by atoms with Gasteiger partial charge in [-0.2, -0.15) is 0 Å². The Hall–Kier alpha value is -1.59. The summed E-state index contributed by atoms with van der Waals surface area (Å²) in [6.45, 7) is 4.13. The third-order valence-corrected chi connectivity index (χ3v) is 3.58. The zero-order valence-corrected chi connectivity index (χ0v) is 12.3. The minimum atomic E-state index is -0.360. The Kier molecular flexibility index (Phi) is 7.04. The van der Waals surface area contributed by atoms with Crippen molar-refractivity contribution in [3.05, 3.63) is 0 Å². The summed E-state index contributed by atoms with van der Waals surface area (Å²) < 4.78 is 0. The van der Waals surface area contributed by atoms with Crippen LogP contribution in [0.15, 0.2) is 0 Å². The SMILES string of the molecule is CC(=O)NCC(=O)NCC(=O)NCC1CCCC(C)C1. The van der Waals surface area contributed by atoms with Crippen LogP contribution < -0.4 is 16.0 Å². The molecule has 0 bridgehead atoms. The monoisotopic (exact) mass is 283 g/mol. The summed E-state index contributed by atoms with van der Waals surface area (Å²) in [5.74, 6) is 0.484. The topological polar surface area (TPSA) is 87.3 Å². The quantitative estimate of drug-likeness (QED) is 0.650. The van der Waals surface area contributed by atoms with Crippen molar-refractivity contribution in [2.75, 3.05) is 19.6 Å². The highest BCUT2D eigenvalue weighted by molar-refractivity contribution is 5.87. The van der Waals surface area contributed by atoms with E-state index in [1.54, 1.807) is 0 Å². The van der Waals surface area contributed by atoms with Crippen molar-refractivity contribution < 1.29 is 14.4 Å². The first kappa shape index (κ1) is 16.5. The average molecular weight is 283 g/mol. The molecule has 1 aliphatic carbocycles. The maximum absolute atomic E-state index is 11.6. The summed E-state index contributed by atoms with van der Waals surface area (Å²) in [7, 11) is 0. The zero-order chi connectivity index (χ0) is 15.0. The molecule has 6 heteroatoms. The molecular formula is C14H25N3O3. The van der Waals surface area contributed by atoms with Crippen molar-refractivity contribution in [1.29, 1.82) is 0 Å². The second-order valence-electron chi connectivity index (χ2n) is 5.63. The minimum Gasteiger partial charge on any atom is -0.354 e. The summed E-state index contributed by atoms with van der Waals surface area (Å²) in [5.41, 5.74) is 0. The van der Waals surface area contributed by atoms with Gasteiger partial charge in [-0.15, -0.1) is 0 Å². The molecular weight excluding hydrogens is 258 g/mol. The summed E-state index contributed by atoms with van der Waals surface area (Å²) >= 11 is 0. The highest BCUT2D eigenvalue weighted by Gasteiger charge is 2.19. The molecule has 3 N–H and O–H groups in total. The number of rotatable bonds is 6. The molecule has 0 aromatic heterocycles. The third kappa shape index (κ3) is 7.11. The van der Waals surface area contributed by atoms with Crippen molar-refractivity contribution in [3.8, 4) is 0 Å². The molecule has 6 nitrogen and oxygen atoms in total. The van der Waals surface area contributed by atoms with E-state index >= 15 is 0 Å². The van der Waals surface area contributed by atoms with Crippen LogP contribution in [0.3, 0.4) is 0 Å². The van der Waals surface area contributed by atoms with Crippen molar-refractivity contribution >= 4 is 17.7 Å². The van der Waals surface area contributed by atoms with Gasteiger partial charge in [0.2, 0.25) is 17.7 Å². The van der Waals surface area contributed by atoms with Gasteiger partial charge in [0.15, 0.2) is 0 Å². The van der Waals surface area contributed by atoms with E-state index in [2.05, 4.69) is 22.9 Å². The average Bonchev–Trinajstić information content (AvgIpc) is 2.40. The molecule has 1 fully saturated rings. The Balaban J connectivity index is 2.10. The van der Waals surface area contributed by atoms with Gasteiger partial charge in [0.25, 0.3) is 0 Å². The maximum Gasteiger partial charge on any atom is 0.239 e. The van der Waals surface area contributed by atoms with E-state index in [0.29, 0.717) is 12.5 Å². The molecule has 0 heterocycles. The van der Waals surface area contributed by atoms with Crippen LogP contribution in [0.25, 0.3) is 0 Å². The van der Waals surface area contributed by atoms with Crippen molar-refractivity contribution in [2.24, 2.45) is 11.8 Å². The normalized spacial score (nSPS) is 21.9. The number of carbonyl (C=O) groups excluding carboxylic acids is 3. The van der Waals surface area contributed by atoms with Gasteiger partial charge in [-0.25, -0.2) is 0 Å². The molecule has 0 saturated heterocycles. The molecule has 0 radical (unpaired) electrons. The molecule has 0 aliphatic heterocycles. The van der Waals surface area contributed by atoms with E-state index in [9.17, 15) is 14.4 Å². The lowest BCUT2D eigenvalue weighted by atomic mass is 9.82. The maximum atomic E-state index is 11.6. The van der Waals surface area contributed by atoms with Crippen molar-refractivity contribution in [1.82, 2.24) is 16.0 Å². The fourth-order valence-corrected chi connectivity index (χ4v) is 2.51. The lowest BCUT2D eigenvalue weighted by molar-refractivity contribution is -0.127. The standard InChI is InChI=1S/C14H25N3O3/c1-10-4-3-5-12(6-10)7-16-14(20)9-17-13(19)8-15-11(2)18/h10,12H,3-9H2,1-2H3,(H,15,18)(H,16,20)(H,17,19). The molecule has 3 amide bonds. The molecule has 2 atom stereocenters. The van der Waals surface area contributed by atoms with Gasteiger partial charge in [0, 0.05) is 13.5 Å². The van der Waals surface area contributed by atoms with Gasteiger partial charge >= 0.3 is 0 Å². The number of hydrogen-bond donors (Lipinski definition) is 3. The first-order valence-electron chi connectivity index (χ1n) is 7.25. The predicted molar refractivity (Wildman–Crippen MR) is 75.8 cm³/mol.